The average Bonchev–Trinajstić information content (AvgIpc) is 3.33. The number of Topliss-reactive ketones (excluding diaryl/α,β-unsaturated/α-hetero) is 1. The van der Waals surface area contributed by atoms with E-state index in [1.165, 1.54) is 16.2 Å². The van der Waals surface area contributed by atoms with Gasteiger partial charge in [0, 0.05) is 5.56 Å². The molecule has 1 fully saturated rings. The van der Waals surface area contributed by atoms with Crippen molar-refractivity contribution in [1.82, 2.24) is 4.98 Å². The van der Waals surface area contributed by atoms with Gasteiger partial charge in [-0.25, -0.2) is 4.98 Å². The summed E-state index contributed by atoms with van der Waals surface area (Å²) in [6, 6.07) is 19.8. The Bertz CT molecular complexity index is 1440. The zero-order valence-corrected chi connectivity index (χ0v) is 19.3. The van der Waals surface area contributed by atoms with Gasteiger partial charge in [0.1, 0.15) is 5.76 Å². The summed E-state index contributed by atoms with van der Waals surface area (Å²) in [4.78, 5) is 32.7. The Morgan fingerprint density at radius 1 is 0.939 bits per heavy atom. The largest absolute Gasteiger partial charge is 0.507 e. The fourth-order valence-electron chi connectivity index (χ4n) is 4.31. The maximum absolute atomic E-state index is 13.3. The van der Waals surface area contributed by atoms with Crippen molar-refractivity contribution in [3.05, 3.63) is 100 Å². The normalized spacial score (nSPS) is 17.8. The van der Waals surface area contributed by atoms with Crippen LogP contribution in [0.1, 0.15) is 33.9 Å². The molecule has 5 rings (SSSR count). The molecule has 164 valence electrons. The van der Waals surface area contributed by atoms with Gasteiger partial charge in [0.25, 0.3) is 5.78 Å². The molecule has 0 spiro atoms. The molecule has 2 heterocycles. The molecular weight excluding hydrogens is 432 g/mol. The standard InChI is InChI=1S/C27H22N2O3S/c1-15-9-11-19(12-10-15)24(30)21-23(18-7-5-4-6-8-18)29(26(32)25(21)31)27-28-22-17(3)13-16(2)14-20(22)33-27/h4-14,23,30H,1-3H3/b24-21+/t23-/m1/s1. The number of ketones is 1. The molecule has 5 nitrogen and oxygen atoms in total. The molecule has 4 aromatic rings. The summed E-state index contributed by atoms with van der Waals surface area (Å²) in [6.07, 6.45) is 0. The maximum atomic E-state index is 13.3. The van der Waals surface area contributed by atoms with E-state index in [-0.39, 0.29) is 11.3 Å². The summed E-state index contributed by atoms with van der Waals surface area (Å²) in [6.45, 7) is 5.95. The number of aryl methyl sites for hydroxylation is 3. The van der Waals surface area contributed by atoms with E-state index in [2.05, 4.69) is 0 Å². The van der Waals surface area contributed by atoms with E-state index in [0.29, 0.717) is 10.7 Å². The molecule has 1 atom stereocenters. The summed E-state index contributed by atoms with van der Waals surface area (Å²) >= 11 is 1.38. The molecule has 0 bridgehead atoms. The van der Waals surface area contributed by atoms with Gasteiger partial charge in [-0.15, -0.1) is 0 Å². The number of nitrogens with zero attached hydrogens (tertiary/aromatic N) is 2. The summed E-state index contributed by atoms with van der Waals surface area (Å²) in [5.41, 5.74) is 5.27. The van der Waals surface area contributed by atoms with Crippen LogP contribution >= 0.6 is 11.3 Å². The highest BCUT2D eigenvalue weighted by atomic mass is 32.1. The van der Waals surface area contributed by atoms with Gasteiger partial charge in [0.15, 0.2) is 5.13 Å². The lowest BCUT2D eigenvalue weighted by atomic mass is 9.95. The number of hydrogen-bond donors (Lipinski definition) is 1. The smallest absolute Gasteiger partial charge is 0.301 e. The van der Waals surface area contributed by atoms with Crippen LogP contribution in [0.25, 0.3) is 16.0 Å². The number of benzene rings is 3. The lowest BCUT2D eigenvalue weighted by molar-refractivity contribution is -0.132. The fraction of sp³-hybridized carbons (Fsp3) is 0.148. The van der Waals surface area contributed by atoms with Crippen molar-refractivity contribution in [2.75, 3.05) is 4.90 Å². The number of anilines is 1. The molecule has 6 heteroatoms. The minimum absolute atomic E-state index is 0.0715. The molecule has 3 aromatic carbocycles. The third kappa shape index (κ3) is 3.52. The molecule has 1 aliphatic rings. The number of thiazole rings is 1. The minimum atomic E-state index is -0.769. The summed E-state index contributed by atoms with van der Waals surface area (Å²) in [7, 11) is 0. The van der Waals surface area contributed by atoms with Gasteiger partial charge in [0.2, 0.25) is 0 Å². The fourth-order valence-corrected chi connectivity index (χ4v) is 5.48. The van der Waals surface area contributed by atoms with Crippen molar-refractivity contribution in [2.24, 2.45) is 0 Å². The highest BCUT2D eigenvalue weighted by molar-refractivity contribution is 7.22. The second-order valence-corrected chi connectivity index (χ2v) is 9.38. The quantitative estimate of drug-likeness (QED) is 0.240. The van der Waals surface area contributed by atoms with Gasteiger partial charge in [-0.2, -0.15) is 0 Å². The van der Waals surface area contributed by atoms with Gasteiger partial charge in [-0.1, -0.05) is 77.6 Å². The Balaban J connectivity index is 1.73. The number of aliphatic hydroxyl groups is 1. The van der Waals surface area contributed by atoms with Crippen LogP contribution in [-0.2, 0) is 9.59 Å². The van der Waals surface area contributed by atoms with E-state index in [4.69, 9.17) is 4.98 Å². The molecule has 1 aromatic heterocycles. The van der Waals surface area contributed by atoms with Crippen molar-refractivity contribution >= 4 is 44.1 Å². The highest BCUT2D eigenvalue weighted by Crippen LogP contribution is 2.44. The van der Waals surface area contributed by atoms with Crippen molar-refractivity contribution in [1.29, 1.82) is 0 Å². The summed E-state index contributed by atoms with van der Waals surface area (Å²) in [5.74, 6) is -1.59. The van der Waals surface area contributed by atoms with Crippen LogP contribution in [0.4, 0.5) is 5.13 Å². The first-order valence-electron chi connectivity index (χ1n) is 10.7. The number of hydrogen-bond acceptors (Lipinski definition) is 5. The predicted molar refractivity (Wildman–Crippen MR) is 131 cm³/mol. The van der Waals surface area contributed by atoms with Crippen molar-refractivity contribution in [2.45, 2.75) is 26.8 Å². The van der Waals surface area contributed by atoms with Gasteiger partial charge < -0.3 is 5.11 Å². The topological polar surface area (TPSA) is 70.5 Å². The lowest BCUT2D eigenvalue weighted by Gasteiger charge is -2.22. The molecule has 1 saturated heterocycles. The third-order valence-corrected chi connectivity index (χ3v) is 6.91. The first kappa shape index (κ1) is 21.1. The highest BCUT2D eigenvalue weighted by Gasteiger charge is 2.48. The molecule has 0 saturated carbocycles. The van der Waals surface area contributed by atoms with E-state index in [1.807, 2.05) is 75.4 Å². The van der Waals surface area contributed by atoms with E-state index in [1.54, 1.807) is 12.1 Å². The van der Waals surface area contributed by atoms with Crippen LogP contribution in [0.2, 0.25) is 0 Å². The second kappa shape index (κ2) is 7.98. The SMILES string of the molecule is Cc1ccc(/C(O)=C2\C(=O)C(=O)N(c3nc4c(C)cc(C)cc4s3)[C@@H]2c2ccccc2)cc1. The van der Waals surface area contributed by atoms with Crippen molar-refractivity contribution in [3.8, 4) is 0 Å². The molecule has 1 aliphatic heterocycles. The Labute approximate surface area is 195 Å². The first-order chi connectivity index (χ1) is 15.8. The van der Waals surface area contributed by atoms with Crippen LogP contribution in [0, 0.1) is 20.8 Å². The molecule has 1 N–H and O–H groups in total. The van der Waals surface area contributed by atoms with Crippen molar-refractivity contribution < 1.29 is 14.7 Å². The number of aromatic nitrogens is 1. The monoisotopic (exact) mass is 454 g/mol. The number of carbonyl (C=O) groups excluding carboxylic acids is 2. The Morgan fingerprint density at radius 2 is 1.64 bits per heavy atom. The van der Waals surface area contributed by atoms with Crippen LogP contribution in [-0.4, -0.2) is 21.8 Å². The van der Waals surface area contributed by atoms with Gasteiger partial charge in [-0.05, 0) is 43.5 Å². The van der Waals surface area contributed by atoms with Gasteiger partial charge in [0.05, 0.1) is 21.8 Å². The van der Waals surface area contributed by atoms with E-state index in [9.17, 15) is 14.7 Å². The second-order valence-electron chi connectivity index (χ2n) is 8.37. The van der Waals surface area contributed by atoms with Crippen LogP contribution < -0.4 is 4.90 Å². The lowest BCUT2D eigenvalue weighted by Crippen LogP contribution is -2.29. The van der Waals surface area contributed by atoms with E-state index in [0.717, 1.165) is 32.5 Å². The molecule has 33 heavy (non-hydrogen) atoms. The molecular formula is C27H22N2O3S. The number of aliphatic hydroxyl groups excluding tert-OH is 1. The molecule has 1 amide bonds. The van der Waals surface area contributed by atoms with Crippen molar-refractivity contribution in [3.63, 3.8) is 0 Å². The average molecular weight is 455 g/mol. The molecule has 0 radical (unpaired) electrons. The summed E-state index contributed by atoms with van der Waals surface area (Å²) in [5, 5.41) is 11.6. The van der Waals surface area contributed by atoms with Crippen LogP contribution in [0.3, 0.4) is 0 Å². The predicted octanol–water partition coefficient (Wildman–Crippen LogP) is 5.85. The minimum Gasteiger partial charge on any atom is -0.507 e. The number of carbonyl (C=O) groups is 2. The van der Waals surface area contributed by atoms with E-state index >= 15 is 0 Å². The summed E-state index contributed by atoms with van der Waals surface area (Å²) < 4.78 is 0.953. The molecule has 0 aliphatic carbocycles. The third-order valence-electron chi connectivity index (χ3n) is 5.91. The Morgan fingerprint density at radius 3 is 2.33 bits per heavy atom. The Kier molecular flexibility index (Phi) is 5.10. The maximum Gasteiger partial charge on any atom is 0.301 e. The molecule has 0 unspecified atom stereocenters. The number of fused-ring (bicyclic) bond motifs is 1. The van der Waals surface area contributed by atoms with Gasteiger partial charge >= 0.3 is 5.91 Å². The zero-order valence-electron chi connectivity index (χ0n) is 18.5. The van der Waals surface area contributed by atoms with Gasteiger partial charge in [-0.3, -0.25) is 14.5 Å². The van der Waals surface area contributed by atoms with Crippen LogP contribution in [0.15, 0.2) is 72.3 Å². The first-order valence-corrected chi connectivity index (χ1v) is 11.5. The zero-order chi connectivity index (χ0) is 23.3. The Hall–Kier alpha value is -3.77. The van der Waals surface area contributed by atoms with Crippen LogP contribution in [0.5, 0.6) is 0 Å². The number of amides is 1. The van der Waals surface area contributed by atoms with E-state index < -0.39 is 17.7 Å². The number of rotatable bonds is 3.